The number of rotatable bonds is 7. The fourth-order valence-corrected chi connectivity index (χ4v) is 2.52. The minimum Gasteiger partial charge on any atom is -0.303 e. The first-order chi connectivity index (χ1) is 10.1. The van der Waals surface area contributed by atoms with E-state index in [1.165, 1.54) is 64.6 Å². The molecule has 0 aromatic heterocycles. The Hall–Kier alpha value is -0.340. The van der Waals surface area contributed by atoms with Gasteiger partial charge in [-0.3, -0.25) is 4.55 Å². The van der Waals surface area contributed by atoms with Crippen LogP contribution in [0.3, 0.4) is 0 Å². The van der Waals surface area contributed by atoms with E-state index in [0.29, 0.717) is 0 Å². The topological polar surface area (TPSA) is 57.6 Å². The van der Waals surface area contributed by atoms with Crippen LogP contribution in [0.25, 0.3) is 0 Å². The van der Waals surface area contributed by atoms with Crippen molar-refractivity contribution in [2.75, 3.05) is 19.6 Å². The smallest absolute Gasteiger partial charge is 0.303 e. The molecular weight excluding hydrogens is 319 g/mol. The molecule has 4 nitrogen and oxygen atoms in total. The summed E-state index contributed by atoms with van der Waals surface area (Å²) in [7, 11) is -5.84. The summed E-state index contributed by atoms with van der Waals surface area (Å²) in [5.41, 5.74) is -5.53. The van der Waals surface area contributed by atoms with E-state index in [4.69, 9.17) is 13.0 Å². The Balaban J connectivity index is 0.000000472. The lowest BCUT2D eigenvalue weighted by Crippen LogP contribution is -2.21. The third-order valence-electron chi connectivity index (χ3n) is 3.69. The lowest BCUT2D eigenvalue weighted by Gasteiger charge is -2.15. The Kier molecular flexibility index (Phi) is 10.3. The molecule has 1 saturated heterocycles. The summed E-state index contributed by atoms with van der Waals surface area (Å²) < 4.78 is 57.5. The second-order valence-electron chi connectivity index (χ2n) is 5.73. The third-order valence-corrected chi connectivity index (χ3v) is 4.27. The van der Waals surface area contributed by atoms with E-state index in [2.05, 4.69) is 18.7 Å². The van der Waals surface area contributed by atoms with Crippen molar-refractivity contribution in [1.29, 1.82) is 0 Å². The zero-order valence-electron chi connectivity index (χ0n) is 13.4. The van der Waals surface area contributed by atoms with Crippen molar-refractivity contribution in [2.45, 2.75) is 64.3 Å². The maximum atomic E-state index is 10.7. The van der Waals surface area contributed by atoms with E-state index in [9.17, 15) is 13.2 Å². The summed E-state index contributed by atoms with van der Waals surface area (Å²) in [6, 6.07) is 0. The van der Waals surface area contributed by atoms with Crippen LogP contribution >= 0.6 is 0 Å². The number of likely N-dealkylation sites (tertiary alicyclic amines) is 1. The summed E-state index contributed by atoms with van der Waals surface area (Å²) >= 11 is 0. The van der Waals surface area contributed by atoms with Gasteiger partial charge < -0.3 is 4.90 Å². The summed E-state index contributed by atoms with van der Waals surface area (Å²) in [6.45, 7) is 8.72. The average Bonchev–Trinajstić information content (AvgIpc) is 2.81. The number of hydrogen-bond acceptors (Lipinski definition) is 3. The number of nitrogens with zero attached hydrogens (tertiary/aromatic N) is 1. The van der Waals surface area contributed by atoms with Gasteiger partial charge in [0.2, 0.25) is 0 Å². The second-order valence-corrected chi connectivity index (χ2v) is 7.14. The molecule has 1 aliphatic heterocycles. The van der Waals surface area contributed by atoms with Crippen molar-refractivity contribution in [3.8, 4) is 0 Å². The van der Waals surface area contributed by atoms with Gasteiger partial charge in [-0.15, -0.1) is 0 Å². The average molecular weight is 347 g/mol. The molecule has 0 saturated carbocycles. The minimum atomic E-state index is -5.84. The molecule has 22 heavy (non-hydrogen) atoms. The zero-order valence-corrected chi connectivity index (χ0v) is 14.2. The van der Waals surface area contributed by atoms with Crippen molar-refractivity contribution in [1.82, 2.24) is 4.90 Å². The first kappa shape index (κ1) is 21.7. The number of hydrogen-bond donors (Lipinski definition) is 1. The predicted octanol–water partition coefficient (Wildman–Crippen LogP) is 4.08. The van der Waals surface area contributed by atoms with Crippen molar-refractivity contribution in [3.63, 3.8) is 0 Å². The van der Waals surface area contributed by atoms with Crippen LogP contribution < -0.4 is 0 Å². The largest absolute Gasteiger partial charge is 0.522 e. The standard InChI is InChI=1S/C13H27N.CHF3O3S/c1-3-5-6-7-10-14-11-9-13(12-14)8-4-2;2-1(3,4)8(5,6)7/h13H,3-12H2,1-2H3;(H,5,6,7). The SMILES string of the molecule is CCCCCCN1CCC(CCC)C1.O=S(=O)(O)C(F)(F)F. The van der Waals surface area contributed by atoms with E-state index in [0.717, 1.165) is 5.92 Å². The molecule has 1 aliphatic rings. The molecule has 1 rings (SSSR count). The molecule has 8 heteroatoms. The highest BCUT2D eigenvalue weighted by Gasteiger charge is 2.44. The van der Waals surface area contributed by atoms with E-state index < -0.39 is 15.6 Å². The maximum absolute atomic E-state index is 10.7. The van der Waals surface area contributed by atoms with Crippen LogP contribution in [0.15, 0.2) is 0 Å². The predicted molar refractivity (Wildman–Crippen MR) is 81.2 cm³/mol. The molecule has 0 radical (unpaired) electrons. The Morgan fingerprint density at radius 1 is 1.14 bits per heavy atom. The fourth-order valence-electron chi connectivity index (χ4n) is 2.52. The first-order valence-corrected chi connectivity index (χ1v) is 9.31. The lowest BCUT2D eigenvalue weighted by molar-refractivity contribution is -0.0510. The van der Waals surface area contributed by atoms with Crippen molar-refractivity contribution in [3.05, 3.63) is 0 Å². The van der Waals surface area contributed by atoms with Gasteiger partial charge in [-0.25, -0.2) is 0 Å². The molecular formula is C14H28F3NO3S. The van der Waals surface area contributed by atoms with Crippen LogP contribution in [0, 0.1) is 5.92 Å². The normalized spacial score (nSPS) is 19.8. The molecule has 1 N–H and O–H groups in total. The molecule has 0 spiro atoms. The number of alkyl halides is 3. The molecule has 0 bridgehead atoms. The molecule has 0 aromatic rings. The van der Waals surface area contributed by atoms with Gasteiger partial charge >= 0.3 is 15.6 Å². The van der Waals surface area contributed by atoms with Crippen molar-refractivity contribution >= 4 is 10.1 Å². The van der Waals surface area contributed by atoms with Crippen LogP contribution in [0.4, 0.5) is 13.2 Å². The van der Waals surface area contributed by atoms with Crippen LogP contribution in [-0.2, 0) is 10.1 Å². The van der Waals surface area contributed by atoms with Crippen LogP contribution in [0.5, 0.6) is 0 Å². The monoisotopic (exact) mass is 347 g/mol. The van der Waals surface area contributed by atoms with Gasteiger partial charge in [-0.2, -0.15) is 21.6 Å². The van der Waals surface area contributed by atoms with Crippen LogP contribution in [0.2, 0.25) is 0 Å². The summed E-state index contributed by atoms with van der Waals surface area (Å²) in [5.74, 6) is 1.02. The Labute approximate surface area is 131 Å². The quantitative estimate of drug-likeness (QED) is 0.428. The zero-order chi connectivity index (χ0) is 17.2. The van der Waals surface area contributed by atoms with Gasteiger partial charge in [-0.05, 0) is 38.3 Å². The summed E-state index contributed by atoms with van der Waals surface area (Å²) in [6.07, 6.45) is 9.92. The van der Waals surface area contributed by atoms with Crippen LogP contribution in [0.1, 0.15) is 58.8 Å². The Bertz CT molecular complexity index is 385. The Morgan fingerprint density at radius 3 is 2.18 bits per heavy atom. The first-order valence-electron chi connectivity index (χ1n) is 7.87. The van der Waals surface area contributed by atoms with E-state index in [1.54, 1.807) is 0 Å². The van der Waals surface area contributed by atoms with Gasteiger partial charge in [0.1, 0.15) is 0 Å². The van der Waals surface area contributed by atoms with E-state index >= 15 is 0 Å². The number of halogens is 3. The van der Waals surface area contributed by atoms with Gasteiger partial charge in [0.25, 0.3) is 0 Å². The van der Waals surface area contributed by atoms with Gasteiger partial charge in [0.15, 0.2) is 0 Å². The highest BCUT2D eigenvalue weighted by atomic mass is 32.2. The molecule has 1 fully saturated rings. The highest BCUT2D eigenvalue weighted by molar-refractivity contribution is 7.86. The fraction of sp³-hybridized carbons (Fsp3) is 1.00. The van der Waals surface area contributed by atoms with Gasteiger partial charge in [0.05, 0.1) is 0 Å². The lowest BCUT2D eigenvalue weighted by atomic mass is 10.0. The highest BCUT2D eigenvalue weighted by Crippen LogP contribution is 2.21. The molecule has 0 aromatic carbocycles. The van der Waals surface area contributed by atoms with Crippen molar-refractivity contribution < 1.29 is 26.1 Å². The van der Waals surface area contributed by atoms with Gasteiger partial charge in [-0.1, -0.05) is 39.5 Å². The summed E-state index contributed by atoms with van der Waals surface area (Å²) in [5, 5.41) is 0. The maximum Gasteiger partial charge on any atom is 0.522 e. The Morgan fingerprint density at radius 2 is 1.73 bits per heavy atom. The summed E-state index contributed by atoms with van der Waals surface area (Å²) in [4.78, 5) is 2.68. The second kappa shape index (κ2) is 10.4. The van der Waals surface area contributed by atoms with E-state index in [-0.39, 0.29) is 0 Å². The molecule has 134 valence electrons. The van der Waals surface area contributed by atoms with Crippen molar-refractivity contribution in [2.24, 2.45) is 5.92 Å². The third kappa shape index (κ3) is 9.63. The number of unbranched alkanes of at least 4 members (excludes halogenated alkanes) is 3. The van der Waals surface area contributed by atoms with Gasteiger partial charge in [0, 0.05) is 6.54 Å². The molecule has 0 aliphatic carbocycles. The molecule has 1 atom stereocenters. The molecule has 1 heterocycles. The minimum absolute atomic E-state index is 1.02. The van der Waals surface area contributed by atoms with E-state index in [1.807, 2.05) is 0 Å². The van der Waals surface area contributed by atoms with Crippen LogP contribution in [-0.4, -0.2) is 43.0 Å². The molecule has 0 amide bonds. The molecule has 1 unspecified atom stereocenters.